The van der Waals surface area contributed by atoms with Gasteiger partial charge in [-0.1, -0.05) is 12.1 Å². The molecule has 2 aliphatic rings. The lowest BCUT2D eigenvalue weighted by Crippen LogP contribution is -2.35. The molecular formula is C28H23NO9. The summed E-state index contributed by atoms with van der Waals surface area (Å²) < 4.78 is 39.6. The molecule has 1 amide bonds. The third kappa shape index (κ3) is 3.64. The van der Waals surface area contributed by atoms with Gasteiger partial charge in [0.2, 0.25) is 18.3 Å². The average Bonchev–Trinajstić information content (AvgIpc) is 3.59. The van der Waals surface area contributed by atoms with Gasteiger partial charge in [0.05, 0.1) is 38.2 Å². The minimum atomic E-state index is -1.15. The number of anilines is 1. The molecule has 0 unspecified atom stereocenters. The number of hydrogen-bond donors (Lipinski definition) is 1. The minimum absolute atomic E-state index is 0.0303. The van der Waals surface area contributed by atoms with Crippen molar-refractivity contribution in [1.82, 2.24) is 0 Å². The van der Waals surface area contributed by atoms with Crippen molar-refractivity contribution in [2.24, 2.45) is 0 Å². The van der Waals surface area contributed by atoms with Gasteiger partial charge in [0, 0.05) is 11.3 Å². The molecule has 0 bridgehead atoms. The van der Waals surface area contributed by atoms with Crippen molar-refractivity contribution >= 4 is 22.6 Å². The topological polar surface area (TPSA) is 115 Å². The summed E-state index contributed by atoms with van der Waals surface area (Å²) in [6.07, 6.45) is -1.15. The molecule has 0 saturated heterocycles. The van der Waals surface area contributed by atoms with Crippen LogP contribution in [0.2, 0.25) is 0 Å². The van der Waals surface area contributed by atoms with Crippen molar-refractivity contribution in [2.45, 2.75) is 12.0 Å². The second kappa shape index (κ2) is 9.22. The fourth-order valence-electron chi connectivity index (χ4n) is 4.92. The van der Waals surface area contributed by atoms with E-state index >= 15 is 0 Å². The van der Waals surface area contributed by atoms with E-state index in [-0.39, 0.29) is 18.1 Å². The van der Waals surface area contributed by atoms with E-state index in [0.717, 1.165) is 0 Å². The first kappa shape index (κ1) is 23.5. The molecule has 10 heteroatoms. The highest BCUT2D eigenvalue weighted by atomic mass is 16.7. The van der Waals surface area contributed by atoms with Crippen LogP contribution >= 0.6 is 0 Å². The summed E-state index contributed by atoms with van der Waals surface area (Å²) in [5, 5.41) is 3.44. The van der Waals surface area contributed by atoms with Crippen molar-refractivity contribution < 1.29 is 37.6 Å². The lowest BCUT2D eigenvalue weighted by molar-refractivity contribution is -0.122. The maximum Gasteiger partial charge on any atom is 0.344 e. The minimum Gasteiger partial charge on any atom is -0.497 e. The molecule has 0 fully saturated rings. The third-order valence-electron chi connectivity index (χ3n) is 6.62. The number of fused-ring (bicyclic) bond motifs is 4. The van der Waals surface area contributed by atoms with Crippen LogP contribution in [0.1, 0.15) is 17.0 Å². The molecule has 1 aromatic heterocycles. The number of rotatable bonds is 6. The van der Waals surface area contributed by atoms with Crippen molar-refractivity contribution in [3.63, 3.8) is 0 Å². The molecule has 0 aliphatic carbocycles. The van der Waals surface area contributed by atoms with E-state index in [1.54, 1.807) is 61.7 Å². The Morgan fingerprint density at radius 3 is 2.42 bits per heavy atom. The Morgan fingerprint density at radius 2 is 1.68 bits per heavy atom. The summed E-state index contributed by atoms with van der Waals surface area (Å²) in [6, 6.07) is 15.5. The Kier molecular flexibility index (Phi) is 5.71. The van der Waals surface area contributed by atoms with Gasteiger partial charge in [0.15, 0.2) is 17.6 Å². The van der Waals surface area contributed by atoms with Crippen LogP contribution < -0.4 is 39.4 Å². The Balaban J connectivity index is 1.53. The molecule has 194 valence electrons. The molecule has 6 rings (SSSR count). The predicted molar refractivity (Wildman–Crippen MR) is 136 cm³/mol. The zero-order valence-electron chi connectivity index (χ0n) is 20.7. The van der Waals surface area contributed by atoms with Crippen LogP contribution in [-0.4, -0.2) is 40.1 Å². The van der Waals surface area contributed by atoms with Crippen molar-refractivity contribution in [1.29, 1.82) is 0 Å². The molecule has 3 heterocycles. The lowest BCUT2D eigenvalue weighted by atomic mass is 9.87. The third-order valence-corrected chi connectivity index (χ3v) is 6.62. The molecule has 38 heavy (non-hydrogen) atoms. The zero-order chi connectivity index (χ0) is 26.4. The van der Waals surface area contributed by atoms with Crippen molar-refractivity contribution in [3.05, 3.63) is 76.1 Å². The molecule has 2 atom stereocenters. The van der Waals surface area contributed by atoms with Gasteiger partial charge >= 0.3 is 5.63 Å². The summed E-state index contributed by atoms with van der Waals surface area (Å²) in [6.45, 7) is -0.0303. The average molecular weight is 517 g/mol. The van der Waals surface area contributed by atoms with Crippen LogP contribution in [0.5, 0.6) is 34.5 Å². The molecule has 10 nitrogen and oxygen atoms in total. The molecule has 3 aromatic carbocycles. The molecule has 4 aromatic rings. The second-order valence-corrected chi connectivity index (χ2v) is 8.63. The molecular weight excluding hydrogens is 494 g/mol. The molecule has 0 spiro atoms. The Bertz CT molecular complexity index is 1610. The van der Waals surface area contributed by atoms with E-state index in [2.05, 4.69) is 5.32 Å². The van der Waals surface area contributed by atoms with E-state index in [9.17, 15) is 9.59 Å². The number of para-hydroxylation sites is 1. The number of benzene rings is 3. The summed E-state index contributed by atoms with van der Waals surface area (Å²) in [5.74, 6) is 0.880. The van der Waals surface area contributed by atoms with Gasteiger partial charge in [-0.15, -0.1) is 0 Å². The van der Waals surface area contributed by atoms with Crippen LogP contribution in [-0.2, 0) is 4.79 Å². The maximum absolute atomic E-state index is 13.7. The quantitative estimate of drug-likeness (QED) is 0.378. The Morgan fingerprint density at radius 1 is 0.921 bits per heavy atom. The second-order valence-electron chi connectivity index (χ2n) is 8.63. The maximum atomic E-state index is 13.7. The van der Waals surface area contributed by atoms with Gasteiger partial charge in [-0.2, -0.15) is 0 Å². The van der Waals surface area contributed by atoms with Crippen LogP contribution in [0.15, 0.2) is 63.8 Å². The highest BCUT2D eigenvalue weighted by Gasteiger charge is 2.47. The first-order valence-electron chi connectivity index (χ1n) is 11.8. The first-order chi connectivity index (χ1) is 18.5. The highest BCUT2D eigenvalue weighted by Crippen LogP contribution is 2.55. The number of methoxy groups -OCH3 is 3. The Labute approximate surface area is 216 Å². The van der Waals surface area contributed by atoms with Crippen LogP contribution in [0.3, 0.4) is 0 Å². The predicted octanol–water partition coefficient (Wildman–Crippen LogP) is 4.08. The number of carbonyl (C=O) groups is 1. The highest BCUT2D eigenvalue weighted by molar-refractivity contribution is 5.98. The molecule has 1 N–H and O–H groups in total. The summed E-state index contributed by atoms with van der Waals surface area (Å²) in [5.41, 5.74) is 0.896. The van der Waals surface area contributed by atoms with E-state index in [1.807, 2.05) is 0 Å². The van der Waals surface area contributed by atoms with Gasteiger partial charge < -0.3 is 38.2 Å². The molecule has 0 radical (unpaired) electrons. The zero-order valence-corrected chi connectivity index (χ0v) is 20.7. The standard InChI is InChI=1S/C28H23NO9/c1-32-15-10-8-14(9-11-15)29-27(30)25-20(17-12-19(33-2)24-26(23(17)34-3)36-13-35-24)21-22(38-25)16-6-4-5-7-18(16)37-28(21)31/h4-12,20,25H,13H2,1-3H3,(H,29,30)/t20-,25+/m1/s1. The fraction of sp³-hybridized carbons (Fsp3) is 0.214. The lowest BCUT2D eigenvalue weighted by Gasteiger charge is -2.22. The van der Waals surface area contributed by atoms with Crippen LogP contribution in [0.4, 0.5) is 5.69 Å². The van der Waals surface area contributed by atoms with E-state index < -0.39 is 23.6 Å². The smallest absolute Gasteiger partial charge is 0.344 e. The molecule has 2 aliphatic heterocycles. The van der Waals surface area contributed by atoms with Gasteiger partial charge in [0.1, 0.15) is 17.1 Å². The number of ether oxygens (including phenoxy) is 6. The Hall–Kier alpha value is -4.86. The summed E-state index contributed by atoms with van der Waals surface area (Å²) in [7, 11) is 4.52. The number of hydrogen-bond acceptors (Lipinski definition) is 9. The monoisotopic (exact) mass is 517 g/mol. The van der Waals surface area contributed by atoms with E-state index in [0.29, 0.717) is 51.0 Å². The SMILES string of the molecule is COc1ccc(NC(=O)[C@H]2Oc3c(c(=O)oc4ccccc34)[C@H]2c2cc(OC)c3c(c2OC)OCO3)cc1. The number of carbonyl (C=O) groups excluding carboxylic acids is 1. The van der Waals surface area contributed by atoms with Crippen LogP contribution in [0, 0.1) is 0 Å². The van der Waals surface area contributed by atoms with Gasteiger partial charge in [-0.3, -0.25) is 4.79 Å². The summed E-state index contributed by atoms with van der Waals surface area (Å²) in [4.78, 5) is 27.1. The van der Waals surface area contributed by atoms with Crippen LogP contribution in [0.25, 0.3) is 11.0 Å². The van der Waals surface area contributed by atoms with Gasteiger partial charge in [0.25, 0.3) is 5.91 Å². The normalized spacial score (nSPS) is 17.0. The fourth-order valence-corrected chi connectivity index (χ4v) is 4.92. The first-order valence-corrected chi connectivity index (χ1v) is 11.8. The molecule has 0 saturated carbocycles. The van der Waals surface area contributed by atoms with Gasteiger partial charge in [-0.25, -0.2) is 4.79 Å². The van der Waals surface area contributed by atoms with Gasteiger partial charge in [-0.05, 0) is 42.5 Å². The number of amides is 1. The van der Waals surface area contributed by atoms with E-state index in [4.69, 9.17) is 32.8 Å². The van der Waals surface area contributed by atoms with Crippen molar-refractivity contribution in [2.75, 3.05) is 33.4 Å². The van der Waals surface area contributed by atoms with E-state index in [1.165, 1.54) is 14.2 Å². The number of nitrogens with one attached hydrogen (secondary N) is 1. The summed E-state index contributed by atoms with van der Waals surface area (Å²) >= 11 is 0. The van der Waals surface area contributed by atoms with Crippen molar-refractivity contribution in [3.8, 4) is 34.5 Å². The largest absolute Gasteiger partial charge is 0.497 e.